The number of carbonyl (C=O) groups is 2. The average molecular weight is 260 g/mol. The molecule has 1 aliphatic heterocycles. The van der Waals surface area contributed by atoms with Crippen LogP contribution in [-0.2, 0) is 16.0 Å². The predicted octanol–water partition coefficient (Wildman–Crippen LogP) is 1.35. The van der Waals surface area contributed by atoms with Gasteiger partial charge < -0.3 is 10.2 Å². The lowest BCUT2D eigenvalue weighted by atomic mass is 10.0. The molecule has 0 aliphatic carbocycles. The van der Waals surface area contributed by atoms with E-state index >= 15 is 0 Å². The molecule has 2 atom stereocenters. The summed E-state index contributed by atoms with van der Waals surface area (Å²) >= 11 is 0. The minimum atomic E-state index is -0.376. The van der Waals surface area contributed by atoms with Gasteiger partial charge in [-0.3, -0.25) is 9.59 Å². The summed E-state index contributed by atoms with van der Waals surface area (Å²) in [5, 5.41) is 2.76. The van der Waals surface area contributed by atoms with Gasteiger partial charge in [0.25, 0.3) is 0 Å². The van der Waals surface area contributed by atoms with Gasteiger partial charge in [-0.2, -0.15) is 0 Å². The molecule has 0 bridgehead atoms. The molecule has 4 nitrogen and oxygen atoms in total. The second-order valence-electron chi connectivity index (χ2n) is 4.91. The van der Waals surface area contributed by atoms with Crippen molar-refractivity contribution in [1.82, 2.24) is 10.2 Å². The summed E-state index contributed by atoms with van der Waals surface area (Å²) in [7, 11) is 0. The third kappa shape index (κ3) is 2.95. The van der Waals surface area contributed by atoms with E-state index in [2.05, 4.69) is 5.32 Å². The fraction of sp³-hybridized carbons (Fsp3) is 0.467. The van der Waals surface area contributed by atoms with Crippen LogP contribution in [0.1, 0.15) is 25.8 Å². The van der Waals surface area contributed by atoms with Crippen LogP contribution >= 0.6 is 0 Å². The topological polar surface area (TPSA) is 49.4 Å². The molecule has 1 aromatic rings. The zero-order valence-electron chi connectivity index (χ0n) is 11.4. The van der Waals surface area contributed by atoms with E-state index in [4.69, 9.17) is 0 Å². The van der Waals surface area contributed by atoms with Gasteiger partial charge in [0, 0.05) is 6.54 Å². The standard InChI is InChI=1S/C15H20N2O2/c1-3-13-15(19)17(11(2)14(18)16-13)10-9-12-7-5-4-6-8-12/h4-8,11,13H,3,9-10H2,1-2H3,(H,16,18). The molecule has 1 aromatic carbocycles. The molecule has 2 unspecified atom stereocenters. The van der Waals surface area contributed by atoms with Gasteiger partial charge in [-0.05, 0) is 25.3 Å². The smallest absolute Gasteiger partial charge is 0.245 e. The van der Waals surface area contributed by atoms with Crippen molar-refractivity contribution in [2.75, 3.05) is 6.54 Å². The molecular formula is C15H20N2O2. The molecule has 2 rings (SSSR count). The summed E-state index contributed by atoms with van der Waals surface area (Å²) in [6, 6.07) is 9.28. The van der Waals surface area contributed by atoms with E-state index in [1.807, 2.05) is 37.3 Å². The van der Waals surface area contributed by atoms with Crippen molar-refractivity contribution >= 4 is 11.8 Å². The van der Waals surface area contributed by atoms with Crippen LogP contribution in [0.15, 0.2) is 30.3 Å². The normalized spacial score (nSPS) is 23.4. The van der Waals surface area contributed by atoms with E-state index in [-0.39, 0.29) is 23.9 Å². The lowest BCUT2D eigenvalue weighted by molar-refractivity contribution is -0.148. The van der Waals surface area contributed by atoms with Crippen LogP contribution in [0.3, 0.4) is 0 Å². The van der Waals surface area contributed by atoms with Crippen LogP contribution in [0.2, 0.25) is 0 Å². The van der Waals surface area contributed by atoms with Gasteiger partial charge >= 0.3 is 0 Å². The van der Waals surface area contributed by atoms with Crippen LogP contribution in [0.5, 0.6) is 0 Å². The summed E-state index contributed by atoms with van der Waals surface area (Å²) in [6.45, 7) is 4.28. The first-order valence-electron chi connectivity index (χ1n) is 6.78. The quantitative estimate of drug-likeness (QED) is 0.888. The van der Waals surface area contributed by atoms with E-state index < -0.39 is 0 Å². The molecule has 19 heavy (non-hydrogen) atoms. The van der Waals surface area contributed by atoms with Gasteiger partial charge in [-0.1, -0.05) is 37.3 Å². The third-order valence-electron chi connectivity index (χ3n) is 3.64. The number of carbonyl (C=O) groups excluding carboxylic acids is 2. The first-order valence-corrected chi connectivity index (χ1v) is 6.78. The molecule has 102 valence electrons. The van der Waals surface area contributed by atoms with Crippen molar-refractivity contribution in [3.05, 3.63) is 35.9 Å². The van der Waals surface area contributed by atoms with Crippen LogP contribution in [0.4, 0.5) is 0 Å². The summed E-state index contributed by atoms with van der Waals surface area (Å²) in [5.74, 6) is -0.0231. The SMILES string of the molecule is CCC1NC(=O)C(C)N(CCc2ccccc2)C1=O. The minimum absolute atomic E-state index is 0.0329. The molecule has 0 radical (unpaired) electrons. The summed E-state index contributed by atoms with van der Waals surface area (Å²) in [6.07, 6.45) is 1.42. The van der Waals surface area contributed by atoms with Crippen LogP contribution in [0.25, 0.3) is 0 Å². The molecule has 1 N–H and O–H groups in total. The molecule has 1 fully saturated rings. The maximum absolute atomic E-state index is 12.2. The first-order chi connectivity index (χ1) is 9.13. The van der Waals surface area contributed by atoms with Crippen molar-refractivity contribution in [3.8, 4) is 0 Å². The van der Waals surface area contributed by atoms with E-state index in [1.165, 1.54) is 5.56 Å². The molecule has 4 heteroatoms. The number of rotatable bonds is 4. The van der Waals surface area contributed by atoms with Crippen LogP contribution < -0.4 is 5.32 Å². The molecular weight excluding hydrogens is 240 g/mol. The Morgan fingerprint density at radius 2 is 1.89 bits per heavy atom. The van der Waals surface area contributed by atoms with Gasteiger partial charge in [0.05, 0.1) is 0 Å². The van der Waals surface area contributed by atoms with E-state index in [0.717, 1.165) is 6.42 Å². The molecule has 2 amide bonds. The predicted molar refractivity (Wildman–Crippen MR) is 73.5 cm³/mol. The number of amides is 2. The molecule has 1 saturated heterocycles. The maximum Gasteiger partial charge on any atom is 0.245 e. The Kier molecular flexibility index (Phi) is 4.20. The molecule has 0 aromatic heterocycles. The highest BCUT2D eigenvalue weighted by molar-refractivity contribution is 5.96. The highest BCUT2D eigenvalue weighted by Gasteiger charge is 2.36. The van der Waals surface area contributed by atoms with Gasteiger partial charge in [0.1, 0.15) is 12.1 Å². The maximum atomic E-state index is 12.2. The first kappa shape index (κ1) is 13.6. The Morgan fingerprint density at radius 3 is 2.53 bits per heavy atom. The number of nitrogens with one attached hydrogen (secondary N) is 1. The Balaban J connectivity index is 2.04. The van der Waals surface area contributed by atoms with Crippen molar-refractivity contribution in [2.24, 2.45) is 0 Å². The van der Waals surface area contributed by atoms with Gasteiger partial charge in [-0.25, -0.2) is 0 Å². The average Bonchev–Trinajstić information content (AvgIpc) is 2.44. The number of nitrogens with zero attached hydrogens (tertiary/aromatic N) is 1. The van der Waals surface area contributed by atoms with E-state index in [1.54, 1.807) is 11.8 Å². The second-order valence-corrected chi connectivity index (χ2v) is 4.91. The monoisotopic (exact) mass is 260 g/mol. The van der Waals surface area contributed by atoms with Crippen molar-refractivity contribution in [2.45, 2.75) is 38.8 Å². The van der Waals surface area contributed by atoms with Crippen LogP contribution in [-0.4, -0.2) is 35.3 Å². The largest absolute Gasteiger partial charge is 0.343 e. The van der Waals surface area contributed by atoms with Gasteiger partial charge in [0.15, 0.2) is 0 Å². The molecule has 0 spiro atoms. The lowest BCUT2D eigenvalue weighted by Crippen LogP contribution is -2.62. The number of piperazine rings is 1. The van der Waals surface area contributed by atoms with Gasteiger partial charge in [-0.15, -0.1) is 0 Å². The molecule has 1 aliphatic rings. The summed E-state index contributed by atoms with van der Waals surface area (Å²) < 4.78 is 0. The zero-order chi connectivity index (χ0) is 13.8. The van der Waals surface area contributed by atoms with Crippen molar-refractivity contribution in [1.29, 1.82) is 0 Å². The van der Waals surface area contributed by atoms with Crippen molar-refractivity contribution in [3.63, 3.8) is 0 Å². The van der Waals surface area contributed by atoms with Gasteiger partial charge in [0.2, 0.25) is 11.8 Å². The zero-order valence-corrected chi connectivity index (χ0v) is 11.4. The third-order valence-corrected chi connectivity index (χ3v) is 3.64. The van der Waals surface area contributed by atoms with Crippen LogP contribution in [0, 0.1) is 0 Å². The Hall–Kier alpha value is -1.84. The highest BCUT2D eigenvalue weighted by Crippen LogP contribution is 2.13. The summed E-state index contributed by atoms with van der Waals surface area (Å²) in [5.41, 5.74) is 1.18. The Bertz CT molecular complexity index is 458. The summed E-state index contributed by atoms with van der Waals surface area (Å²) in [4.78, 5) is 25.8. The Morgan fingerprint density at radius 1 is 1.21 bits per heavy atom. The number of hydrogen-bond donors (Lipinski definition) is 1. The number of benzene rings is 1. The highest BCUT2D eigenvalue weighted by atomic mass is 16.2. The fourth-order valence-corrected chi connectivity index (χ4v) is 2.36. The van der Waals surface area contributed by atoms with E-state index in [0.29, 0.717) is 13.0 Å². The van der Waals surface area contributed by atoms with Crippen molar-refractivity contribution < 1.29 is 9.59 Å². The molecule has 0 saturated carbocycles. The fourth-order valence-electron chi connectivity index (χ4n) is 2.36. The molecule has 1 heterocycles. The second kappa shape index (κ2) is 5.87. The van der Waals surface area contributed by atoms with E-state index in [9.17, 15) is 9.59 Å². The number of hydrogen-bond acceptors (Lipinski definition) is 2. The Labute approximate surface area is 113 Å². The minimum Gasteiger partial charge on any atom is -0.343 e. The lowest BCUT2D eigenvalue weighted by Gasteiger charge is -2.37.